The average molecular weight is 573 g/mol. The quantitative estimate of drug-likeness (QED) is 0.0935. The van der Waals surface area contributed by atoms with Gasteiger partial charge in [0.15, 0.2) is 0 Å². The fourth-order valence-corrected chi connectivity index (χ4v) is 2.85. The first-order chi connectivity index (χ1) is 18.1. The van der Waals surface area contributed by atoms with E-state index in [2.05, 4.69) is 23.7 Å². The maximum absolute atomic E-state index is 11.1. The minimum absolute atomic E-state index is 0.545. The summed E-state index contributed by atoms with van der Waals surface area (Å²) in [5.74, 6) is -4.94. The van der Waals surface area contributed by atoms with Crippen LogP contribution in [0.1, 0.15) is 44.5 Å². The number of fused-ring (bicyclic) bond motifs is 1. The van der Waals surface area contributed by atoms with Gasteiger partial charge in [-0.05, 0) is 36.7 Å². The molecule has 2 aromatic rings. The van der Waals surface area contributed by atoms with Crippen molar-refractivity contribution in [1.29, 1.82) is 0 Å². The minimum atomic E-state index is -5.08. The fraction of sp³-hybridized carbons (Fsp3) is 0.478. The standard InChI is InChI=1S/C19H28N4O2.2C2HF3O2/c1-3-5-6-7-18-21-16-14-15(9-11-19(24)22-25)8-10-17(16)23(18)13-12-20-4-2;2*3-2(4,5)1(6)7/h8-11,14,20,25H,3-7,12-13H2,1-2H3,(H,22,24);2*(H,6,7)/b11-9+;;. The van der Waals surface area contributed by atoms with E-state index in [1.54, 1.807) is 11.6 Å². The number of hydrogen-bond donors (Lipinski definition) is 5. The summed E-state index contributed by atoms with van der Waals surface area (Å²) in [5.41, 5.74) is 4.53. The van der Waals surface area contributed by atoms with Crippen molar-refractivity contribution in [2.75, 3.05) is 13.1 Å². The van der Waals surface area contributed by atoms with E-state index in [4.69, 9.17) is 30.0 Å². The molecule has 0 radical (unpaired) electrons. The lowest BCUT2D eigenvalue weighted by Crippen LogP contribution is -2.21. The molecule has 39 heavy (non-hydrogen) atoms. The molecule has 10 nitrogen and oxygen atoms in total. The molecule has 0 atom stereocenters. The van der Waals surface area contributed by atoms with Crippen molar-refractivity contribution in [1.82, 2.24) is 20.3 Å². The van der Waals surface area contributed by atoms with Crippen LogP contribution >= 0.6 is 0 Å². The number of alkyl halides is 6. The van der Waals surface area contributed by atoms with Gasteiger partial charge in [-0.1, -0.05) is 32.8 Å². The Labute approximate surface area is 219 Å². The van der Waals surface area contributed by atoms with Crippen molar-refractivity contribution in [2.24, 2.45) is 0 Å². The average Bonchev–Trinajstić information content (AvgIpc) is 3.19. The van der Waals surface area contributed by atoms with Crippen molar-refractivity contribution in [2.45, 2.75) is 58.4 Å². The summed E-state index contributed by atoms with van der Waals surface area (Å²) in [5, 5.41) is 26.2. The molecule has 16 heteroatoms. The third-order valence-electron chi connectivity index (χ3n) is 4.64. The van der Waals surface area contributed by atoms with Crippen molar-refractivity contribution in [3.63, 3.8) is 0 Å². The van der Waals surface area contributed by atoms with Crippen LogP contribution in [0, 0.1) is 0 Å². The van der Waals surface area contributed by atoms with Crippen LogP contribution in [-0.4, -0.2) is 68.3 Å². The number of carbonyl (C=O) groups excluding carboxylic acids is 1. The number of aryl methyl sites for hydroxylation is 1. The van der Waals surface area contributed by atoms with E-state index in [1.165, 1.54) is 18.9 Å². The van der Waals surface area contributed by atoms with Gasteiger partial charge in [0.05, 0.1) is 11.0 Å². The highest BCUT2D eigenvalue weighted by Crippen LogP contribution is 2.20. The number of halogens is 6. The van der Waals surface area contributed by atoms with Crippen LogP contribution < -0.4 is 10.8 Å². The lowest BCUT2D eigenvalue weighted by atomic mass is 10.2. The number of carboxylic acid groups (broad SMARTS) is 2. The summed E-state index contributed by atoms with van der Waals surface area (Å²) in [4.78, 5) is 33.7. The molecule has 1 heterocycles. The van der Waals surface area contributed by atoms with Gasteiger partial charge in [-0.25, -0.2) is 20.1 Å². The number of aliphatic carboxylic acids is 2. The lowest BCUT2D eigenvalue weighted by molar-refractivity contribution is -0.193. The maximum Gasteiger partial charge on any atom is 0.490 e. The summed E-state index contributed by atoms with van der Waals surface area (Å²) < 4.78 is 65.8. The van der Waals surface area contributed by atoms with E-state index in [0.717, 1.165) is 54.9 Å². The van der Waals surface area contributed by atoms with Crippen LogP contribution in [0.3, 0.4) is 0 Å². The molecule has 0 aliphatic carbocycles. The lowest BCUT2D eigenvalue weighted by Gasteiger charge is -2.09. The topological polar surface area (TPSA) is 154 Å². The molecular formula is C23H30F6N4O6. The number of amides is 1. The molecule has 1 aromatic heterocycles. The fourth-order valence-electron chi connectivity index (χ4n) is 2.85. The molecule has 0 fully saturated rings. The highest BCUT2D eigenvalue weighted by Gasteiger charge is 2.38. The van der Waals surface area contributed by atoms with E-state index in [-0.39, 0.29) is 0 Å². The van der Waals surface area contributed by atoms with Gasteiger partial charge >= 0.3 is 24.3 Å². The molecule has 0 spiro atoms. The Morgan fingerprint density at radius 2 is 1.56 bits per heavy atom. The monoisotopic (exact) mass is 572 g/mol. The zero-order chi connectivity index (χ0) is 30.2. The van der Waals surface area contributed by atoms with E-state index in [0.29, 0.717) is 0 Å². The summed E-state index contributed by atoms with van der Waals surface area (Å²) in [6.45, 7) is 7.08. The second-order valence-electron chi connectivity index (χ2n) is 7.65. The van der Waals surface area contributed by atoms with E-state index in [9.17, 15) is 31.1 Å². The number of unbranched alkanes of at least 4 members (excludes halogenated alkanes) is 2. The van der Waals surface area contributed by atoms with E-state index >= 15 is 0 Å². The number of nitrogens with zero attached hydrogens (tertiary/aromatic N) is 2. The largest absolute Gasteiger partial charge is 0.490 e. The van der Waals surface area contributed by atoms with Gasteiger partial charge in [0.2, 0.25) is 0 Å². The Morgan fingerprint density at radius 3 is 2.03 bits per heavy atom. The van der Waals surface area contributed by atoms with Crippen molar-refractivity contribution < 1.29 is 56.1 Å². The van der Waals surface area contributed by atoms with Crippen LogP contribution in [-0.2, 0) is 27.3 Å². The molecule has 2 rings (SSSR count). The SMILES string of the molecule is CCCCCc1nc2cc(/C=C/C(=O)NO)ccc2n1CCNCC.O=C(O)C(F)(F)F.O=C(O)C(F)(F)F. The first-order valence-electron chi connectivity index (χ1n) is 11.5. The number of aromatic nitrogens is 2. The van der Waals surface area contributed by atoms with Crippen molar-refractivity contribution in [3.05, 3.63) is 35.7 Å². The predicted octanol–water partition coefficient (Wildman–Crippen LogP) is 4.16. The van der Waals surface area contributed by atoms with Gasteiger partial charge in [0.25, 0.3) is 5.91 Å². The molecule has 0 unspecified atom stereocenters. The van der Waals surface area contributed by atoms with Crippen LogP contribution in [0.15, 0.2) is 24.3 Å². The van der Waals surface area contributed by atoms with Crippen LogP contribution in [0.2, 0.25) is 0 Å². The second-order valence-corrected chi connectivity index (χ2v) is 7.65. The number of hydroxylamine groups is 1. The van der Waals surface area contributed by atoms with Gasteiger partial charge in [0.1, 0.15) is 5.82 Å². The Morgan fingerprint density at radius 1 is 1.00 bits per heavy atom. The predicted molar refractivity (Wildman–Crippen MR) is 128 cm³/mol. The number of benzene rings is 1. The third-order valence-corrected chi connectivity index (χ3v) is 4.64. The number of carbonyl (C=O) groups is 3. The van der Waals surface area contributed by atoms with Crippen molar-refractivity contribution in [3.8, 4) is 0 Å². The summed E-state index contributed by atoms with van der Waals surface area (Å²) >= 11 is 0. The number of likely N-dealkylation sites (N-methyl/N-ethyl adjacent to an activating group) is 1. The van der Waals surface area contributed by atoms with Crippen LogP contribution in [0.25, 0.3) is 17.1 Å². The van der Waals surface area contributed by atoms with Gasteiger partial charge in [0, 0.05) is 25.6 Å². The van der Waals surface area contributed by atoms with E-state index < -0.39 is 30.2 Å². The zero-order valence-electron chi connectivity index (χ0n) is 21.1. The highest BCUT2D eigenvalue weighted by atomic mass is 19.4. The van der Waals surface area contributed by atoms with Gasteiger partial charge in [-0.2, -0.15) is 26.3 Å². The first kappa shape index (κ1) is 35.3. The summed E-state index contributed by atoms with van der Waals surface area (Å²) in [7, 11) is 0. The maximum atomic E-state index is 11.1. The molecule has 0 saturated carbocycles. The summed E-state index contributed by atoms with van der Waals surface area (Å²) in [6, 6.07) is 5.99. The number of carboxylic acids is 2. The molecule has 0 bridgehead atoms. The smallest absolute Gasteiger partial charge is 0.475 e. The van der Waals surface area contributed by atoms with Crippen LogP contribution in [0.4, 0.5) is 26.3 Å². The molecule has 0 saturated heterocycles. The molecule has 1 aromatic carbocycles. The number of imidazole rings is 1. The van der Waals surface area contributed by atoms with Crippen molar-refractivity contribution >= 4 is 35.0 Å². The Kier molecular flexibility index (Phi) is 15.4. The van der Waals surface area contributed by atoms with Crippen LogP contribution in [0.5, 0.6) is 0 Å². The molecule has 1 amide bonds. The second kappa shape index (κ2) is 17.0. The van der Waals surface area contributed by atoms with Gasteiger partial charge < -0.3 is 20.1 Å². The Balaban J connectivity index is 0.000000848. The summed E-state index contributed by atoms with van der Waals surface area (Å²) in [6.07, 6.45) is -2.68. The molecule has 0 aliphatic rings. The zero-order valence-corrected chi connectivity index (χ0v) is 21.1. The van der Waals surface area contributed by atoms with Gasteiger partial charge in [-0.3, -0.25) is 10.0 Å². The number of rotatable bonds is 10. The number of nitrogens with one attached hydrogen (secondary N) is 2. The number of hydrogen-bond acceptors (Lipinski definition) is 6. The Bertz CT molecular complexity index is 1080. The molecule has 5 N–H and O–H groups in total. The molecule has 220 valence electrons. The third kappa shape index (κ3) is 14.2. The normalized spacial score (nSPS) is 11.4. The van der Waals surface area contributed by atoms with Gasteiger partial charge in [-0.15, -0.1) is 0 Å². The molecule has 0 aliphatic heterocycles. The highest BCUT2D eigenvalue weighted by molar-refractivity contribution is 5.91. The van der Waals surface area contributed by atoms with E-state index in [1.807, 2.05) is 18.2 Å². The minimum Gasteiger partial charge on any atom is -0.475 e. The Hall–Kier alpha value is -3.66. The first-order valence-corrected chi connectivity index (χ1v) is 11.5. The molecular weight excluding hydrogens is 542 g/mol.